The van der Waals surface area contributed by atoms with Crippen molar-refractivity contribution in [2.75, 3.05) is 25.0 Å². The molecular formula is C15H21N3O4. The summed E-state index contributed by atoms with van der Waals surface area (Å²) in [5.41, 5.74) is 0.924. The summed E-state index contributed by atoms with van der Waals surface area (Å²) >= 11 is 0. The van der Waals surface area contributed by atoms with E-state index in [1.807, 2.05) is 6.92 Å². The molecule has 0 saturated carbocycles. The lowest BCUT2D eigenvalue weighted by Gasteiger charge is -2.08. The topological polar surface area (TPSA) is 96.5 Å². The van der Waals surface area contributed by atoms with E-state index in [-0.39, 0.29) is 25.0 Å². The van der Waals surface area contributed by atoms with Gasteiger partial charge in [0.15, 0.2) is 0 Å². The van der Waals surface area contributed by atoms with E-state index in [2.05, 4.69) is 16.0 Å². The molecule has 0 aromatic heterocycles. The molecule has 0 aliphatic heterocycles. The summed E-state index contributed by atoms with van der Waals surface area (Å²) in [5.74, 6) is -0.579. The number of benzene rings is 1. The Balaban J connectivity index is 2.46. The predicted molar refractivity (Wildman–Crippen MR) is 82.7 cm³/mol. The van der Waals surface area contributed by atoms with E-state index in [4.69, 9.17) is 4.74 Å². The van der Waals surface area contributed by atoms with E-state index in [1.165, 1.54) is 0 Å². The first-order valence-electron chi connectivity index (χ1n) is 7.15. The molecule has 0 spiro atoms. The monoisotopic (exact) mass is 307 g/mol. The zero-order valence-electron chi connectivity index (χ0n) is 12.8. The average molecular weight is 307 g/mol. The third-order valence-electron chi connectivity index (χ3n) is 2.65. The Bertz CT molecular complexity index is 514. The maximum Gasteiger partial charge on any atom is 0.411 e. The number of carbonyl (C=O) groups excluding carboxylic acids is 3. The van der Waals surface area contributed by atoms with Crippen LogP contribution in [0.1, 0.15) is 30.6 Å². The van der Waals surface area contributed by atoms with Crippen molar-refractivity contribution in [3.05, 3.63) is 29.8 Å². The highest BCUT2D eigenvalue weighted by Crippen LogP contribution is 2.09. The Morgan fingerprint density at radius 2 is 1.73 bits per heavy atom. The van der Waals surface area contributed by atoms with Crippen molar-refractivity contribution in [1.29, 1.82) is 0 Å². The molecule has 7 nitrogen and oxygen atoms in total. The van der Waals surface area contributed by atoms with E-state index in [0.29, 0.717) is 17.8 Å². The summed E-state index contributed by atoms with van der Waals surface area (Å²) in [6, 6.07) is 6.29. The summed E-state index contributed by atoms with van der Waals surface area (Å²) < 4.78 is 4.75. The largest absolute Gasteiger partial charge is 0.450 e. The van der Waals surface area contributed by atoms with Crippen molar-refractivity contribution in [2.24, 2.45) is 0 Å². The minimum absolute atomic E-state index is 0.0678. The molecule has 0 radical (unpaired) electrons. The molecule has 1 rings (SSSR count). The van der Waals surface area contributed by atoms with Gasteiger partial charge in [-0.2, -0.15) is 0 Å². The molecule has 120 valence electrons. The second-order valence-corrected chi connectivity index (χ2v) is 4.46. The first-order valence-corrected chi connectivity index (χ1v) is 7.15. The van der Waals surface area contributed by atoms with Gasteiger partial charge < -0.3 is 15.4 Å². The predicted octanol–water partition coefficient (Wildman–Crippen LogP) is 1.51. The molecule has 0 aliphatic rings. The number of hydrogen-bond donors (Lipinski definition) is 3. The molecule has 7 heteroatoms. The Morgan fingerprint density at radius 3 is 2.32 bits per heavy atom. The highest BCUT2D eigenvalue weighted by molar-refractivity contribution is 5.97. The molecule has 1 aromatic rings. The minimum Gasteiger partial charge on any atom is -0.450 e. The summed E-state index contributed by atoms with van der Waals surface area (Å²) in [6.45, 7) is 4.46. The fraction of sp³-hybridized carbons (Fsp3) is 0.400. The number of nitrogens with one attached hydrogen (secondary N) is 3. The molecule has 0 saturated heterocycles. The van der Waals surface area contributed by atoms with Crippen LogP contribution < -0.4 is 16.0 Å². The Hall–Kier alpha value is -2.57. The van der Waals surface area contributed by atoms with Crippen molar-refractivity contribution in [3.63, 3.8) is 0 Å². The van der Waals surface area contributed by atoms with Crippen LogP contribution in [0.3, 0.4) is 0 Å². The zero-order valence-corrected chi connectivity index (χ0v) is 12.8. The molecule has 0 fully saturated rings. The number of carbonyl (C=O) groups is 3. The van der Waals surface area contributed by atoms with Crippen LogP contribution in [-0.4, -0.2) is 37.6 Å². The Morgan fingerprint density at radius 1 is 1.05 bits per heavy atom. The molecule has 3 N–H and O–H groups in total. The van der Waals surface area contributed by atoms with Crippen LogP contribution in [0, 0.1) is 0 Å². The van der Waals surface area contributed by atoms with Gasteiger partial charge in [0.1, 0.15) is 0 Å². The third-order valence-corrected chi connectivity index (χ3v) is 2.65. The third kappa shape index (κ3) is 6.25. The fourth-order valence-electron chi connectivity index (χ4n) is 1.58. The number of ether oxygens (including phenoxy) is 1. The normalized spacial score (nSPS) is 9.73. The molecule has 22 heavy (non-hydrogen) atoms. The number of anilines is 1. The zero-order chi connectivity index (χ0) is 16.4. The fourth-order valence-corrected chi connectivity index (χ4v) is 1.58. The molecule has 0 atom stereocenters. The van der Waals surface area contributed by atoms with Crippen molar-refractivity contribution in [1.82, 2.24) is 10.6 Å². The van der Waals surface area contributed by atoms with Gasteiger partial charge in [-0.1, -0.05) is 6.92 Å². The Kier molecular flexibility index (Phi) is 7.45. The smallest absolute Gasteiger partial charge is 0.411 e. The van der Waals surface area contributed by atoms with Crippen LogP contribution in [0.5, 0.6) is 0 Å². The van der Waals surface area contributed by atoms with Gasteiger partial charge in [-0.15, -0.1) is 0 Å². The molecule has 1 aromatic carbocycles. The van der Waals surface area contributed by atoms with Crippen molar-refractivity contribution >= 4 is 23.6 Å². The van der Waals surface area contributed by atoms with Gasteiger partial charge >= 0.3 is 6.09 Å². The SMILES string of the molecule is CCCNC(=O)CNC(=O)c1ccc(NC(=O)OCC)cc1. The van der Waals surface area contributed by atoms with Crippen molar-refractivity contribution < 1.29 is 19.1 Å². The average Bonchev–Trinajstić information content (AvgIpc) is 2.51. The van der Waals surface area contributed by atoms with Gasteiger partial charge in [0.05, 0.1) is 13.2 Å². The van der Waals surface area contributed by atoms with Crippen LogP contribution >= 0.6 is 0 Å². The highest BCUT2D eigenvalue weighted by atomic mass is 16.5. The maximum absolute atomic E-state index is 11.9. The molecule has 0 bridgehead atoms. The van der Waals surface area contributed by atoms with Crippen LogP contribution in [0.25, 0.3) is 0 Å². The maximum atomic E-state index is 11.9. The molecular weight excluding hydrogens is 286 g/mol. The molecule has 3 amide bonds. The standard InChI is InChI=1S/C15H21N3O4/c1-3-9-16-13(19)10-17-14(20)11-5-7-12(8-6-11)18-15(21)22-4-2/h5-8H,3-4,9-10H2,1-2H3,(H,16,19)(H,17,20)(H,18,21). The van der Waals surface area contributed by atoms with E-state index in [9.17, 15) is 14.4 Å². The molecule has 0 aliphatic carbocycles. The lowest BCUT2D eigenvalue weighted by atomic mass is 10.2. The van der Waals surface area contributed by atoms with E-state index >= 15 is 0 Å². The highest BCUT2D eigenvalue weighted by Gasteiger charge is 2.08. The molecule has 0 unspecified atom stereocenters. The van der Waals surface area contributed by atoms with Gasteiger partial charge in [0, 0.05) is 17.8 Å². The number of rotatable bonds is 7. The number of amides is 3. The minimum atomic E-state index is -0.549. The summed E-state index contributed by atoms with van der Waals surface area (Å²) in [4.78, 5) is 34.5. The van der Waals surface area contributed by atoms with Crippen molar-refractivity contribution in [3.8, 4) is 0 Å². The van der Waals surface area contributed by atoms with Gasteiger partial charge in [0.2, 0.25) is 5.91 Å². The van der Waals surface area contributed by atoms with Crippen LogP contribution in [0.4, 0.5) is 10.5 Å². The quantitative estimate of drug-likeness (QED) is 0.711. The summed E-state index contributed by atoms with van der Waals surface area (Å²) in [7, 11) is 0. The van der Waals surface area contributed by atoms with E-state index in [0.717, 1.165) is 6.42 Å². The number of hydrogen-bond acceptors (Lipinski definition) is 4. The van der Waals surface area contributed by atoms with Gasteiger partial charge in [-0.3, -0.25) is 14.9 Å². The van der Waals surface area contributed by atoms with Crippen LogP contribution in [0.2, 0.25) is 0 Å². The van der Waals surface area contributed by atoms with Gasteiger partial charge in [0.25, 0.3) is 5.91 Å². The van der Waals surface area contributed by atoms with E-state index < -0.39 is 6.09 Å². The van der Waals surface area contributed by atoms with Crippen molar-refractivity contribution in [2.45, 2.75) is 20.3 Å². The second-order valence-electron chi connectivity index (χ2n) is 4.46. The summed E-state index contributed by atoms with van der Waals surface area (Å²) in [5, 5.41) is 7.72. The lowest BCUT2D eigenvalue weighted by Crippen LogP contribution is -2.37. The summed E-state index contributed by atoms with van der Waals surface area (Å²) in [6.07, 6.45) is 0.293. The van der Waals surface area contributed by atoms with Gasteiger partial charge in [-0.25, -0.2) is 4.79 Å². The lowest BCUT2D eigenvalue weighted by molar-refractivity contribution is -0.120. The van der Waals surface area contributed by atoms with E-state index in [1.54, 1.807) is 31.2 Å². The van der Waals surface area contributed by atoms with Crippen LogP contribution in [-0.2, 0) is 9.53 Å². The molecule has 0 heterocycles. The first kappa shape index (κ1) is 17.5. The first-order chi connectivity index (χ1) is 10.6. The Labute approximate surface area is 129 Å². The second kappa shape index (κ2) is 9.38. The van der Waals surface area contributed by atoms with Gasteiger partial charge in [-0.05, 0) is 37.6 Å². The van der Waals surface area contributed by atoms with Crippen LogP contribution in [0.15, 0.2) is 24.3 Å².